The molecule has 0 saturated carbocycles. The van der Waals surface area contributed by atoms with Gasteiger partial charge in [-0.1, -0.05) is 0 Å². The van der Waals surface area contributed by atoms with Gasteiger partial charge in [0.1, 0.15) is 17.4 Å². The highest BCUT2D eigenvalue weighted by molar-refractivity contribution is 5.74. The minimum absolute atomic E-state index is 0.280. The lowest BCUT2D eigenvalue weighted by Gasteiger charge is -2.14. The van der Waals surface area contributed by atoms with Gasteiger partial charge in [0.2, 0.25) is 0 Å². The lowest BCUT2D eigenvalue weighted by Crippen LogP contribution is -2.08. The van der Waals surface area contributed by atoms with Gasteiger partial charge in [0.15, 0.2) is 0 Å². The van der Waals surface area contributed by atoms with Crippen LogP contribution in [-0.2, 0) is 0 Å². The number of aliphatic hydroxyl groups is 1. The highest BCUT2D eigenvalue weighted by Gasteiger charge is 2.16. The summed E-state index contributed by atoms with van der Waals surface area (Å²) in [6.45, 7) is 5.88. The Kier molecular flexibility index (Phi) is 2.44. The number of hydrogen-bond acceptors (Lipinski definition) is 3. The van der Waals surface area contributed by atoms with E-state index in [2.05, 4.69) is 23.8 Å². The van der Waals surface area contributed by atoms with Gasteiger partial charge in [-0.05, 0) is 26.8 Å². The van der Waals surface area contributed by atoms with Crippen LogP contribution in [0.2, 0.25) is 0 Å². The summed E-state index contributed by atoms with van der Waals surface area (Å²) in [5.41, 5.74) is 1.86. The maximum atomic E-state index is 9.65. The van der Waals surface area contributed by atoms with Gasteiger partial charge in [0.05, 0.1) is 11.7 Å². The third-order valence-electron chi connectivity index (χ3n) is 2.41. The molecule has 0 aromatic carbocycles. The van der Waals surface area contributed by atoms with E-state index in [1.165, 1.54) is 0 Å². The second-order valence-corrected chi connectivity index (χ2v) is 3.97. The van der Waals surface area contributed by atoms with Crippen molar-refractivity contribution < 1.29 is 5.11 Å². The molecule has 80 valence electrons. The van der Waals surface area contributed by atoms with Crippen LogP contribution in [-0.4, -0.2) is 19.6 Å². The third kappa shape index (κ3) is 1.61. The summed E-state index contributed by atoms with van der Waals surface area (Å²) < 4.78 is 2.04. The summed E-state index contributed by atoms with van der Waals surface area (Å²) in [4.78, 5) is 8.41. The van der Waals surface area contributed by atoms with Crippen molar-refractivity contribution in [3.63, 3.8) is 0 Å². The van der Waals surface area contributed by atoms with Crippen LogP contribution >= 0.6 is 0 Å². The molecule has 0 saturated heterocycles. The van der Waals surface area contributed by atoms with Gasteiger partial charge in [-0.15, -0.1) is 0 Å². The molecule has 0 radical (unpaired) electrons. The maximum absolute atomic E-state index is 9.65. The van der Waals surface area contributed by atoms with Crippen LogP contribution in [0.5, 0.6) is 0 Å². The fraction of sp³-hybridized carbons (Fsp3) is 0.455. The molecule has 2 rings (SSSR count). The lowest BCUT2D eigenvalue weighted by molar-refractivity contribution is 0.182. The fourth-order valence-electron chi connectivity index (χ4n) is 1.81. The van der Waals surface area contributed by atoms with Gasteiger partial charge >= 0.3 is 0 Å². The number of fused-ring (bicyclic) bond motifs is 1. The number of aliphatic hydroxyl groups excluding tert-OH is 1. The molecule has 0 bridgehead atoms. The van der Waals surface area contributed by atoms with Crippen LogP contribution in [0.25, 0.3) is 11.0 Å². The van der Waals surface area contributed by atoms with Crippen molar-refractivity contribution in [2.45, 2.75) is 32.9 Å². The normalized spacial score (nSPS) is 13.7. The largest absolute Gasteiger partial charge is 0.385 e. The van der Waals surface area contributed by atoms with E-state index in [0.29, 0.717) is 5.82 Å². The topological polar surface area (TPSA) is 50.9 Å². The van der Waals surface area contributed by atoms with E-state index in [-0.39, 0.29) is 6.04 Å². The van der Waals surface area contributed by atoms with E-state index in [9.17, 15) is 5.11 Å². The van der Waals surface area contributed by atoms with E-state index in [4.69, 9.17) is 0 Å². The van der Waals surface area contributed by atoms with Gasteiger partial charge in [-0.2, -0.15) is 0 Å². The Morgan fingerprint density at radius 3 is 2.67 bits per heavy atom. The van der Waals surface area contributed by atoms with Crippen LogP contribution in [0.15, 0.2) is 18.5 Å². The monoisotopic (exact) mass is 205 g/mol. The van der Waals surface area contributed by atoms with Gasteiger partial charge in [-0.3, -0.25) is 4.98 Å². The van der Waals surface area contributed by atoms with E-state index in [0.717, 1.165) is 11.0 Å². The van der Waals surface area contributed by atoms with E-state index in [1.807, 2.05) is 10.6 Å². The maximum Gasteiger partial charge on any atom is 0.138 e. The minimum Gasteiger partial charge on any atom is -0.385 e. The summed E-state index contributed by atoms with van der Waals surface area (Å²) in [6.07, 6.45) is 2.91. The first-order valence-electron chi connectivity index (χ1n) is 5.11. The summed E-state index contributed by atoms with van der Waals surface area (Å²) in [7, 11) is 0. The smallest absolute Gasteiger partial charge is 0.138 e. The molecule has 0 aliphatic carbocycles. The van der Waals surface area contributed by atoms with Crippen molar-refractivity contribution in [3.05, 3.63) is 24.3 Å². The standard InChI is InChI=1S/C11H15N3O/c1-7(2)14-10-4-5-12-6-9(10)13-11(14)8(3)15/h4-8,15H,1-3H3. The molecule has 2 heterocycles. The number of aromatic nitrogens is 3. The Hall–Kier alpha value is -1.42. The van der Waals surface area contributed by atoms with E-state index < -0.39 is 6.10 Å². The molecule has 0 spiro atoms. The molecule has 0 amide bonds. The Morgan fingerprint density at radius 2 is 2.07 bits per heavy atom. The van der Waals surface area contributed by atoms with Crippen molar-refractivity contribution >= 4 is 11.0 Å². The Morgan fingerprint density at radius 1 is 1.33 bits per heavy atom. The zero-order chi connectivity index (χ0) is 11.0. The van der Waals surface area contributed by atoms with Gasteiger partial charge in [-0.25, -0.2) is 4.98 Å². The molecule has 2 aromatic heterocycles. The predicted molar refractivity (Wildman–Crippen MR) is 58.5 cm³/mol. The molecule has 1 N–H and O–H groups in total. The molecule has 4 nitrogen and oxygen atoms in total. The predicted octanol–water partition coefficient (Wildman–Crippen LogP) is 2.07. The summed E-state index contributed by atoms with van der Waals surface area (Å²) >= 11 is 0. The number of rotatable bonds is 2. The van der Waals surface area contributed by atoms with Gasteiger partial charge in [0.25, 0.3) is 0 Å². The molecule has 2 aromatic rings. The highest BCUT2D eigenvalue weighted by Crippen LogP contribution is 2.23. The Bertz CT molecular complexity index is 474. The SMILES string of the molecule is CC(O)c1nc2cnccc2n1C(C)C. The molecule has 15 heavy (non-hydrogen) atoms. The zero-order valence-electron chi connectivity index (χ0n) is 9.18. The number of hydrogen-bond donors (Lipinski definition) is 1. The van der Waals surface area contributed by atoms with Gasteiger partial charge < -0.3 is 9.67 Å². The van der Waals surface area contributed by atoms with Crippen molar-refractivity contribution in [2.24, 2.45) is 0 Å². The lowest BCUT2D eigenvalue weighted by atomic mass is 10.3. The van der Waals surface area contributed by atoms with Crippen LogP contribution in [0, 0.1) is 0 Å². The Labute approximate surface area is 88.6 Å². The summed E-state index contributed by atoms with van der Waals surface area (Å²) in [6, 6.07) is 2.20. The first kappa shape index (κ1) is 10.1. The molecule has 0 fully saturated rings. The van der Waals surface area contributed by atoms with Crippen LogP contribution in [0.3, 0.4) is 0 Å². The van der Waals surface area contributed by atoms with Gasteiger partial charge in [0, 0.05) is 12.2 Å². The van der Waals surface area contributed by atoms with Crippen molar-refractivity contribution in [2.75, 3.05) is 0 Å². The molecular formula is C11H15N3O. The quantitative estimate of drug-likeness (QED) is 0.816. The average Bonchev–Trinajstić information content (AvgIpc) is 2.56. The molecule has 0 aliphatic heterocycles. The van der Waals surface area contributed by atoms with Crippen molar-refractivity contribution in [3.8, 4) is 0 Å². The highest BCUT2D eigenvalue weighted by atomic mass is 16.3. The second kappa shape index (κ2) is 3.62. The number of pyridine rings is 1. The fourth-order valence-corrected chi connectivity index (χ4v) is 1.81. The summed E-state index contributed by atoms with van der Waals surface area (Å²) in [5.74, 6) is 0.702. The van der Waals surface area contributed by atoms with Crippen LogP contribution < -0.4 is 0 Å². The Balaban J connectivity index is 2.75. The average molecular weight is 205 g/mol. The van der Waals surface area contributed by atoms with E-state index >= 15 is 0 Å². The van der Waals surface area contributed by atoms with Crippen molar-refractivity contribution in [1.29, 1.82) is 0 Å². The molecule has 4 heteroatoms. The molecule has 0 aliphatic rings. The zero-order valence-corrected chi connectivity index (χ0v) is 9.18. The first-order valence-corrected chi connectivity index (χ1v) is 5.11. The molecule has 1 unspecified atom stereocenters. The number of imidazole rings is 1. The second-order valence-electron chi connectivity index (χ2n) is 3.97. The van der Waals surface area contributed by atoms with E-state index in [1.54, 1.807) is 19.3 Å². The van der Waals surface area contributed by atoms with Crippen molar-refractivity contribution in [1.82, 2.24) is 14.5 Å². The summed E-state index contributed by atoms with van der Waals surface area (Å²) in [5, 5.41) is 9.65. The molecule has 1 atom stereocenters. The number of nitrogens with zero attached hydrogens (tertiary/aromatic N) is 3. The van der Waals surface area contributed by atoms with Crippen LogP contribution in [0.4, 0.5) is 0 Å². The third-order valence-corrected chi connectivity index (χ3v) is 2.41. The first-order chi connectivity index (χ1) is 7.11. The minimum atomic E-state index is -0.556. The molecular weight excluding hydrogens is 190 g/mol. The van der Waals surface area contributed by atoms with Crippen LogP contribution in [0.1, 0.15) is 38.7 Å².